The number of amides is 1. The Hall–Kier alpha value is -1.91. The highest BCUT2D eigenvalue weighted by atomic mass is 16.6. The molecular formula is C18H25NO4. The predicted molar refractivity (Wildman–Crippen MR) is 86.6 cm³/mol. The third-order valence-electron chi connectivity index (χ3n) is 4.41. The molecule has 3 atom stereocenters. The summed E-state index contributed by atoms with van der Waals surface area (Å²) in [5.74, 6) is 0.886. The van der Waals surface area contributed by atoms with Crippen LogP contribution in [0.3, 0.4) is 0 Å². The minimum absolute atomic E-state index is 0.0768. The number of carbonyl (C=O) groups is 1. The van der Waals surface area contributed by atoms with Crippen molar-refractivity contribution in [1.82, 2.24) is 4.90 Å². The number of benzene rings is 1. The van der Waals surface area contributed by atoms with Crippen LogP contribution in [-0.4, -0.2) is 39.9 Å². The average molecular weight is 319 g/mol. The van der Waals surface area contributed by atoms with Gasteiger partial charge in [0.25, 0.3) is 0 Å². The van der Waals surface area contributed by atoms with E-state index < -0.39 is 5.60 Å². The molecule has 0 radical (unpaired) electrons. The second-order valence-corrected chi connectivity index (χ2v) is 7.48. The van der Waals surface area contributed by atoms with Crippen molar-refractivity contribution >= 4 is 6.09 Å². The molecule has 23 heavy (non-hydrogen) atoms. The van der Waals surface area contributed by atoms with E-state index in [0.29, 0.717) is 5.75 Å². The smallest absolute Gasteiger partial charge is 0.410 e. The van der Waals surface area contributed by atoms with Gasteiger partial charge in [-0.25, -0.2) is 4.79 Å². The van der Waals surface area contributed by atoms with Crippen LogP contribution in [-0.2, 0) is 4.74 Å². The van der Waals surface area contributed by atoms with E-state index in [0.717, 1.165) is 25.7 Å². The first-order valence-corrected chi connectivity index (χ1v) is 8.29. The van der Waals surface area contributed by atoms with Crippen molar-refractivity contribution in [2.75, 3.05) is 0 Å². The van der Waals surface area contributed by atoms with Gasteiger partial charge in [0.05, 0.1) is 0 Å². The molecule has 5 heteroatoms. The highest BCUT2D eigenvalue weighted by Crippen LogP contribution is 2.38. The molecule has 0 saturated carbocycles. The van der Waals surface area contributed by atoms with Crippen LogP contribution in [0.4, 0.5) is 4.79 Å². The number of fused-ring (bicyclic) bond motifs is 2. The number of phenols is 1. The van der Waals surface area contributed by atoms with Crippen molar-refractivity contribution in [3.05, 3.63) is 24.3 Å². The van der Waals surface area contributed by atoms with Gasteiger partial charge in [0.2, 0.25) is 0 Å². The number of hydrogen-bond donors (Lipinski definition) is 1. The molecule has 0 unspecified atom stereocenters. The van der Waals surface area contributed by atoms with Gasteiger partial charge in [-0.15, -0.1) is 0 Å². The minimum Gasteiger partial charge on any atom is -0.508 e. The fourth-order valence-corrected chi connectivity index (χ4v) is 3.59. The summed E-state index contributed by atoms with van der Waals surface area (Å²) in [5, 5.41) is 9.53. The number of phenolic OH excluding ortho intramolecular Hbond substituents is 1. The van der Waals surface area contributed by atoms with Crippen LogP contribution in [0.1, 0.15) is 46.5 Å². The van der Waals surface area contributed by atoms with E-state index in [-0.39, 0.29) is 30.0 Å². The van der Waals surface area contributed by atoms with Crippen LogP contribution in [0.15, 0.2) is 24.3 Å². The summed E-state index contributed by atoms with van der Waals surface area (Å²) in [6, 6.07) is 7.25. The molecule has 1 aromatic rings. The van der Waals surface area contributed by atoms with Crippen LogP contribution in [0.25, 0.3) is 0 Å². The normalized spacial score (nSPS) is 26.9. The number of ether oxygens (including phenoxy) is 2. The summed E-state index contributed by atoms with van der Waals surface area (Å²) in [6.07, 6.45) is 3.50. The van der Waals surface area contributed by atoms with Gasteiger partial charge < -0.3 is 19.5 Å². The van der Waals surface area contributed by atoms with Crippen LogP contribution in [0.2, 0.25) is 0 Å². The fourth-order valence-electron chi connectivity index (χ4n) is 3.59. The summed E-state index contributed by atoms with van der Waals surface area (Å²) < 4.78 is 11.5. The molecule has 2 aliphatic rings. The van der Waals surface area contributed by atoms with E-state index in [9.17, 15) is 9.90 Å². The van der Waals surface area contributed by atoms with Crippen LogP contribution in [0, 0.1) is 0 Å². The van der Waals surface area contributed by atoms with Crippen molar-refractivity contribution in [3.8, 4) is 11.5 Å². The molecule has 0 aliphatic carbocycles. The Bertz CT molecular complexity index is 567. The van der Waals surface area contributed by atoms with Gasteiger partial charge in [-0.2, -0.15) is 0 Å². The topological polar surface area (TPSA) is 59.0 Å². The van der Waals surface area contributed by atoms with Crippen molar-refractivity contribution < 1.29 is 19.4 Å². The van der Waals surface area contributed by atoms with E-state index in [2.05, 4.69) is 0 Å². The van der Waals surface area contributed by atoms with Gasteiger partial charge >= 0.3 is 6.09 Å². The van der Waals surface area contributed by atoms with Gasteiger partial charge in [0, 0.05) is 31.0 Å². The number of piperidine rings is 1. The molecule has 1 N–H and O–H groups in total. The first-order valence-electron chi connectivity index (χ1n) is 8.29. The molecule has 2 aliphatic heterocycles. The Balaban J connectivity index is 1.64. The van der Waals surface area contributed by atoms with E-state index in [1.807, 2.05) is 31.7 Å². The Morgan fingerprint density at radius 2 is 1.87 bits per heavy atom. The molecule has 2 heterocycles. The maximum atomic E-state index is 12.4. The number of hydrogen-bond acceptors (Lipinski definition) is 4. The highest BCUT2D eigenvalue weighted by Gasteiger charge is 2.45. The Morgan fingerprint density at radius 3 is 2.43 bits per heavy atom. The van der Waals surface area contributed by atoms with Crippen LogP contribution in [0.5, 0.6) is 11.5 Å². The first-order chi connectivity index (χ1) is 10.8. The molecule has 0 spiro atoms. The number of rotatable bonds is 2. The second-order valence-electron chi connectivity index (χ2n) is 7.48. The minimum atomic E-state index is -0.467. The quantitative estimate of drug-likeness (QED) is 0.903. The standard InChI is InChI=1S/C18H25NO4/c1-18(2,3)23-17(21)19-12-7-8-13(19)10-16(9-12)22-15-6-4-5-14(20)11-15/h4-6,11-13,16,20H,7-10H2,1-3H3/t12-,13+,16+. The Kier molecular flexibility index (Phi) is 4.13. The molecular weight excluding hydrogens is 294 g/mol. The molecule has 2 fully saturated rings. The maximum Gasteiger partial charge on any atom is 0.410 e. The van der Waals surface area contributed by atoms with E-state index in [4.69, 9.17) is 9.47 Å². The number of aromatic hydroxyl groups is 1. The van der Waals surface area contributed by atoms with Gasteiger partial charge in [0.1, 0.15) is 23.2 Å². The van der Waals surface area contributed by atoms with Gasteiger partial charge in [-0.05, 0) is 45.7 Å². The maximum absolute atomic E-state index is 12.4. The molecule has 0 aromatic heterocycles. The van der Waals surface area contributed by atoms with Crippen molar-refractivity contribution in [2.24, 2.45) is 0 Å². The fraction of sp³-hybridized carbons (Fsp3) is 0.611. The zero-order chi connectivity index (χ0) is 16.6. The molecule has 1 aromatic carbocycles. The molecule has 1 amide bonds. The molecule has 126 valence electrons. The summed E-state index contributed by atoms with van der Waals surface area (Å²) >= 11 is 0. The van der Waals surface area contributed by atoms with Gasteiger partial charge in [0.15, 0.2) is 0 Å². The third kappa shape index (κ3) is 3.71. The second kappa shape index (κ2) is 5.95. The van der Waals surface area contributed by atoms with Gasteiger partial charge in [-0.1, -0.05) is 6.07 Å². The summed E-state index contributed by atoms with van der Waals surface area (Å²) in [4.78, 5) is 14.3. The molecule has 5 nitrogen and oxygen atoms in total. The van der Waals surface area contributed by atoms with Crippen molar-refractivity contribution in [2.45, 2.75) is 70.2 Å². The van der Waals surface area contributed by atoms with Crippen LogP contribution >= 0.6 is 0 Å². The first kappa shape index (κ1) is 16.0. The predicted octanol–water partition coefficient (Wildman–Crippen LogP) is 3.70. The average Bonchev–Trinajstić information content (AvgIpc) is 2.69. The van der Waals surface area contributed by atoms with Crippen molar-refractivity contribution in [3.63, 3.8) is 0 Å². The largest absolute Gasteiger partial charge is 0.508 e. The molecule has 2 saturated heterocycles. The summed E-state index contributed by atoms with van der Waals surface area (Å²) in [5.41, 5.74) is -0.467. The zero-order valence-electron chi connectivity index (χ0n) is 14.0. The lowest BCUT2D eigenvalue weighted by Gasteiger charge is -2.39. The lowest BCUT2D eigenvalue weighted by Crippen LogP contribution is -2.50. The monoisotopic (exact) mass is 319 g/mol. The molecule has 3 rings (SSSR count). The Morgan fingerprint density at radius 1 is 1.22 bits per heavy atom. The van der Waals surface area contributed by atoms with E-state index in [1.54, 1.807) is 18.2 Å². The third-order valence-corrected chi connectivity index (χ3v) is 4.41. The van der Waals surface area contributed by atoms with E-state index in [1.165, 1.54) is 0 Å². The highest BCUT2D eigenvalue weighted by molar-refractivity contribution is 5.69. The van der Waals surface area contributed by atoms with E-state index >= 15 is 0 Å². The number of carbonyl (C=O) groups excluding carboxylic acids is 1. The number of nitrogens with zero attached hydrogens (tertiary/aromatic N) is 1. The Labute approximate surface area is 137 Å². The lowest BCUT2D eigenvalue weighted by atomic mass is 10.00. The van der Waals surface area contributed by atoms with Gasteiger partial charge in [-0.3, -0.25) is 0 Å². The summed E-state index contributed by atoms with van der Waals surface area (Å²) in [6.45, 7) is 5.68. The zero-order valence-corrected chi connectivity index (χ0v) is 14.0. The SMILES string of the molecule is CC(C)(C)OC(=O)N1[C@@H]2CC[C@H]1C[C@@H](Oc1cccc(O)c1)C2. The van der Waals surface area contributed by atoms with Crippen molar-refractivity contribution in [1.29, 1.82) is 0 Å². The lowest BCUT2D eigenvalue weighted by molar-refractivity contribution is -0.00707. The summed E-state index contributed by atoms with van der Waals surface area (Å²) in [7, 11) is 0. The molecule has 2 bridgehead atoms. The van der Waals surface area contributed by atoms with Crippen LogP contribution < -0.4 is 4.74 Å².